The molecule has 0 bridgehead atoms. The van der Waals surface area contributed by atoms with E-state index in [1.165, 1.54) is 219 Å². The molecule has 132 heavy (non-hydrogen) atoms. The largest absolute Gasteiger partial charge is 0.344 e. The fourth-order valence-corrected chi connectivity index (χ4v) is 18.9. The van der Waals surface area contributed by atoms with Crippen molar-refractivity contribution >= 4 is 140 Å². The van der Waals surface area contributed by atoms with E-state index in [9.17, 15) is 21.6 Å². The van der Waals surface area contributed by atoms with Crippen LogP contribution in [0, 0.1) is 52.1 Å². The number of nitrogens with zero attached hydrogens (tertiary/aromatic N) is 2. The Labute approximate surface area is 797 Å². The normalized spacial score (nSPS) is 13.2. The van der Waals surface area contributed by atoms with Gasteiger partial charge in [-0.05, 0) is 120 Å². The summed E-state index contributed by atoms with van der Waals surface area (Å²) >= 11 is 0. The highest BCUT2D eigenvalue weighted by atomic mass is 32.2. The Balaban J connectivity index is 0.000000189. The summed E-state index contributed by atoms with van der Waals surface area (Å²) in [7, 11) is 2.59. The molecule has 0 saturated carbocycles. The van der Waals surface area contributed by atoms with Gasteiger partial charge in [-0.15, -0.1) is 48.5 Å². The molecule has 15 rings (SSSR count). The van der Waals surface area contributed by atoms with Crippen molar-refractivity contribution in [3.63, 3.8) is 0 Å². The zero-order valence-electron chi connectivity index (χ0n) is 82.3. The molecule has 2 aliphatic rings. The van der Waals surface area contributed by atoms with Gasteiger partial charge in [0.2, 0.25) is 5.69 Å². The second-order valence-electron chi connectivity index (χ2n) is 36.6. The second kappa shape index (κ2) is 53.2. The number of fused-ring (bicyclic) bond motifs is 4. The molecule has 0 unspecified atom stereocenters. The van der Waals surface area contributed by atoms with Crippen molar-refractivity contribution in [2.24, 2.45) is 0 Å². The molecule has 0 N–H and O–H groups in total. The van der Waals surface area contributed by atoms with E-state index in [1.54, 1.807) is 30.3 Å². The standard InChI is InChI=1S/C41H59N2O2S.2C17H15B.C16H19B.C12H17BF.C8H9BF.C7H7BF/c1-9-11-13-15-20-28-42-36-26-24-32(3)30-34(36)40(4,5)38(42)22-18-17-19-23-39-41(6,7)35-31-33(46(8,44)45)25-27-37(35)43(39)29-21-16-14-12-10-2;2*1-18(15-10-3-2-4-11-15)17-13-7-9-14-8-5-6-12-16(14)17;1-12-10-13(2)16(14(3)11-12)17(4)15-8-6-5-7-9-15;1-2-3-4-5-9-13-11-7-6-8-12(14)10-11;1-6-3-4-7(10)5-8(6)9-2;1-8-6-3-2-4-7(9)5-6/h17-19,22-27,30-31H,9-16,20-21,28-29H2,1-8H3;2*2-13H,1H3;5-11H,1-4H3;6-8,10H,2-5,9H2,1H3;3-5H,1-2H3;2-5H,1H3/q+1;6*-1. The molecule has 0 atom stereocenters. The Morgan fingerprint density at radius 1 is 0.417 bits per heavy atom. The molecule has 0 aliphatic carbocycles. The molecule has 13 aromatic carbocycles. The lowest BCUT2D eigenvalue weighted by Crippen LogP contribution is -2.42. The molecule has 685 valence electrons. The number of sulfone groups is 1. The van der Waals surface area contributed by atoms with Gasteiger partial charge in [0.1, 0.15) is 24.0 Å². The maximum Gasteiger partial charge on any atom is 0.209 e. The van der Waals surface area contributed by atoms with Crippen LogP contribution in [0.5, 0.6) is 0 Å². The molecule has 14 heteroatoms. The van der Waals surface area contributed by atoms with Crippen molar-refractivity contribution in [1.29, 1.82) is 0 Å². The number of hydrogen-bond acceptors (Lipinski definition) is 3. The zero-order chi connectivity index (χ0) is 95.2. The Morgan fingerprint density at radius 2 is 0.902 bits per heavy atom. The van der Waals surface area contributed by atoms with E-state index in [2.05, 4.69) is 350 Å². The van der Waals surface area contributed by atoms with Crippen molar-refractivity contribution < 1.29 is 26.2 Å². The van der Waals surface area contributed by atoms with Crippen LogP contribution in [0.3, 0.4) is 0 Å². The van der Waals surface area contributed by atoms with Gasteiger partial charge >= 0.3 is 0 Å². The average molecular weight is 1770 g/mol. The molecule has 4 nitrogen and oxygen atoms in total. The molecule has 2 aliphatic heterocycles. The van der Waals surface area contributed by atoms with E-state index in [0.29, 0.717) is 25.0 Å². The van der Waals surface area contributed by atoms with E-state index >= 15 is 0 Å². The van der Waals surface area contributed by atoms with Gasteiger partial charge < -0.3 is 19.5 Å². The van der Waals surface area contributed by atoms with Crippen molar-refractivity contribution in [3.05, 3.63) is 384 Å². The zero-order valence-corrected chi connectivity index (χ0v) is 83.2. The molecule has 9 radical (unpaired) electrons. The average Bonchev–Trinajstić information content (AvgIpc) is 1.59. The van der Waals surface area contributed by atoms with Crippen molar-refractivity contribution in [1.82, 2.24) is 0 Å². The van der Waals surface area contributed by atoms with Crippen LogP contribution in [-0.4, -0.2) is 80.0 Å². The number of allylic oxidation sites excluding steroid dienone is 6. The van der Waals surface area contributed by atoms with E-state index in [0.717, 1.165) is 59.0 Å². The smallest absolute Gasteiger partial charge is 0.209 e. The van der Waals surface area contributed by atoms with Crippen LogP contribution < -0.4 is 54.1 Å². The molecule has 2 heterocycles. The van der Waals surface area contributed by atoms with E-state index in [1.807, 2.05) is 59.4 Å². The van der Waals surface area contributed by atoms with Crippen LogP contribution >= 0.6 is 0 Å². The monoisotopic (exact) mass is 1770 g/mol. The summed E-state index contributed by atoms with van der Waals surface area (Å²) in [6, 6.07) is 97.7. The van der Waals surface area contributed by atoms with Crippen molar-refractivity contribution in [2.75, 3.05) is 24.2 Å². The van der Waals surface area contributed by atoms with Crippen molar-refractivity contribution in [2.45, 2.75) is 229 Å². The SMILES string of the molecule is CCCCCCCN1C(=CC=CC=CC2=[N+](CCCCCCC)c3ccc(S(C)(=O)=O)cc3C2(C)C)C(C)(C)c2cc(C)ccc21.CCCCCC[B-]c1cccc(F)c1.C[B-](c1ccccc1)c1c(C)cc(C)cc1C.C[B-](c1ccccc1)c1cccc2ccccc12.C[B-](c1ccccc1)c1cccc2ccccc12.C[B-]c1cc(F)ccc1C.C[B-]c1cccc(F)c1. The summed E-state index contributed by atoms with van der Waals surface area (Å²) in [4.78, 5) is 2.95. The lowest BCUT2D eigenvalue weighted by atomic mass is 9.41. The minimum atomic E-state index is -3.28. The predicted octanol–water partition coefficient (Wildman–Crippen LogP) is 25.4. The Kier molecular flexibility index (Phi) is 42.3. The summed E-state index contributed by atoms with van der Waals surface area (Å²) in [5.41, 5.74) is 25.1. The highest BCUT2D eigenvalue weighted by molar-refractivity contribution is 7.90. The number of unbranched alkanes of at least 4 members (excludes halogenated alkanes) is 11. The van der Waals surface area contributed by atoms with Crippen molar-refractivity contribution in [3.8, 4) is 0 Å². The first kappa shape index (κ1) is 105. The lowest BCUT2D eigenvalue weighted by molar-refractivity contribution is -0.438. The van der Waals surface area contributed by atoms with Crippen LogP contribution in [0.1, 0.15) is 177 Å². The number of anilines is 1. The first-order valence-electron chi connectivity index (χ1n) is 48.4. The molecule has 0 aromatic heterocycles. The van der Waals surface area contributed by atoms with Crippen LogP contribution in [0.25, 0.3) is 21.5 Å². The molecule has 0 amide bonds. The van der Waals surface area contributed by atoms with E-state index in [4.69, 9.17) is 0 Å². The fraction of sp³-hybridized carbons (Fsp3) is 0.314. The fourth-order valence-electron chi connectivity index (χ4n) is 18.2. The minimum absolute atomic E-state index is 0.0610. The number of rotatable bonds is 30. The number of hydrogen-bond donors (Lipinski definition) is 0. The van der Waals surface area contributed by atoms with Gasteiger partial charge in [-0.25, -0.2) is 94.8 Å². The highest BCUT2D eigenvalue weighted by Crippen LogP contribution is 2.48. The topological polar surface area (TPSA) is 40.4 Å². The summed E-state index contributed by atoms with van der Waals surface area (Å²) in [5, 5.41) is 5.35. The molecular formula is C118H141B6F3N2O2S-5. The predicted molar refractivity (Wildman–Crippen MR) is 579 cm³/mol. The maximum atomic E-state index is 12.8. The molecular weight excluding hydrogens is 1630 g/mol. The third-order valence-corrected chi connectivity index (χ3v) is 26.8. The van der Waals surface area contributed by atoms with Crippen LogP contribution in [0.4, 0.5) is 24.5 Å². The lowest BCUT2D eigenvalue weighted by Gasteiger charge is -2.29. The molecule has 0 fully saturated rings. The molecule has 0 spiro atoms. The molecule has 13 aromatic rings. The van der Waals surface area contributed by atoms with Crippen LogP contribution in [0.15, 0.2) is 332 Å². The maximum absolute atomic E-state index is 12.8. The van der Waals surface area contributed by atoms with Crippen LogP contribution in [-0.2, 0) is 20.7 Å². The summed E-state index contributed by atoms with van der Waals surface area (Å²) in [6.07, 6.45) is 30.9. The summed E-state index contributed by atoms with van der Waals surface area (Å²) < 4.78 is 64.9. The van der Waals surface area contributed by atoms with Gasteiger partial charge in [-0.2, -0.15) is 4.58 Å². The number of aryl methyl sites for hydroxylation is 5. The number of halogens is 3. The Bertz CT molecular complexity index is 5880. The Hall–Kier alpha value is -10.8. The minimum Gasteiger partial charge on any atom is -0.344 e. The number of benzene rings is 13. The summed E-state index contributed by atoms with van der Waals surface area (Å²) in [5.74, 6) is -0.489. The third kappa shape index (κ3) is 30.6. The molecule has 0 saturated heterocycles. The highest BCUT2D eigenvalue weighted by Gasteiger charge is 2.45. The van der Waals surface area contributed by atoms with E-state index in [-0.39, 0.29) is 28.3 Å². The van der Waals surface area contributed by atoms with E-state index < -0.39 is 9.84 Å². The van der Waals surface area contributed by atoms with Gasteiger partial charge in [0.25, 0.3) is 0 Å². The third-order valence-electron chi connectivity index (χ3n) is 25.7. The first-order chi connectivity index (χ1) is 63.5. The second-order valence-corrected chi connectivity index (χ2v) is 38.6. The van der Waals surface area contributed by atoms with Gasteiger partial charge in [-0.3, -0.25) is 23.7 Å². The van der Waals surface area contributed by atoms with Crippen LogP contribution in [0.2, 0.25) is 40.4 Å². The van der Waals surface area contributed by atoms with Gasteiger partial charge in [0, 0.05) is 53.7 Å². The quantitative estimate of drug-likeness (QED) is 0.0195. The summed E-state index contributed by atoms with van der Waals surface area (Å²) in [6.45, 7) is 40.6. The van der Waals surface area contributed by atoms with Gasteiger partial charge in [-0.1, -0.05) is 382 Å². The van der Waals surface area contributed by atoms with Gasteiger partial charge in [0.05, 0.1) is 10.3 Å². The Morgan fingerprint density at radius 3 is 1.42 bits per heavy atom. The first-order valence-corrected chi connectivity index (χ1v) is 50.2. The van der Waals surface area contributed by atoms with Gasteiger partial charge in [0.15, 0.2) is 15.5 Å².